The summed E-state index contributed by atoms with van der Waals surface area (Å²) in [7, 11) is 1.40. The van der Waals surface area contributed by atoms with E-state index < -0.39 is 0 Å². The van der Waals surface area contributed by atoms with Crippen molar-refractivity contribution < 1.29 is 9.53 Å². The average Bonchev–Trinajstić information content (AvgIpc) is 2.17. The van der Waals surface area contributed by atoms with E-state index >= 15 is 0 Å². The molecule has 1 fully saturated rings. The first kappa shape index (κ1) is 8.92. The molecular formula is C9H13NO2. The van der Waals surface area contributed by atoms with Crippen LogP contribution in [0, 0.1) is 18.3 Å². The Morgan fingerprint density at radius 1 is 1.58 bits per heavy atom. The molecule has 0 bridgehead atoms. The molecular weight excluding hydrogens is 154 g/mol. The maximum Gasteiger partial charge on any atom is 0.409 e. The maximum absolute atomic E-state index is 11.0. The Kier molecular flexibility index (Phi) is 2.98. The van der Waals surface area contributed by atoms with Crippen molar-refractivity contribution in [1.29, 1.82) is 0 Å². The van der Waals surface area contributed by atoms with Gasteiger partial charge < -0.3 is 9.64 Å². The fraction of sp³-hybridized carbons (Fsp3) is 0.667. The van der Waals surface area contributed by atoms with Crippen LogP contribution in [0.5, 0.6) is 0 Å². The molecule has 0 aromatic carbocycles. The summed E-state index contributed by atoms with van der Waals surface area (Å²) in [6.07, 6.45) is 6.82. The number of rotatable bonds is 0. The molecule has 12 heavy (non-hydrogen) atoms. The summed E-state index contributed by atoms with van der Waals surface area (Å²) in [5.41, 5.74) is 0. The molecule has 3 nitrogen and oxygen atoms in total. The SMILES string of the molecule is C#CC1CCN(C(=O)OC)CC1. The smallest absolute Gasteiger partial charge is 0.409 e. The van der Waals surface area contributed by atoms with Crippen LogP contribution < -0.4 is 0 Å². The second-order valence-electron chi connectivity index (χ2n) is 2.90. The standard InChI is InChI=1S/C9H13NO2/c1-3-8-4-6-10(7-5-8)9(11)12-2/h1,8H,4-7H2,2H3. The Balaban J connectivity index is 2.37. The van der Waals surface area contributed by atoms with Gasteiger partial charge in [0.25, 0.3) is 0 Å². The molecule has 0 atom stereocenters. The fourth-order valence-electron chi connectivity index (χ4n) is 1.36. The van der Waals surface area contributed by atoms with Gasteiger partial charge in [-0.25, -0.2) is 4.79 Å². The van der Waals surface area contributed by atoms with Gasteiger partial charge in [0.15, 0.2) is 0 Å². The first-order valence-electron chi connectivity index (χ1n) is 4.07. The summed E-state index contributed by atoms with van der Waals surface area (Å²) in [5, 5.41) is 0. The van der Waals surface area contributed by atoms with Crippen LogP contribution in [-0.2, 0) is 4.74 Å². The largest absolute Gasteiger partial charge is 0.453 e. The second-order valence-corrected chi connectivity index (χ2v) is 2.90. The van der Waals surface area contributed by atoms with E-state index in [0.717, 1.165) is 25.9 Å². The number of amides is 1. The molecule has 0 spiro atoms. The number of likely N-dealkylation sites (tertiary alicyclic amines) is 1. The molecule has 0 unspecified atom stereocenters. The molecule has 1 heterocycles. The van der Waals surface area contributed by atoms with E-state index in [1.54, 1.807) is 4.90 Å². The lowest BCUT2D eigenvalue weighted by Crippen LogP contribution is -2.38. The van der Waals surface area contributed by atoms with E-state index in [2.05, 4.69) is 10.7 Å². The van der Waals surface area contributed by atoms with Crippen molar-refractivity contribution in [2.45, 2.75) is 12.8 Å². The van der Waals surface area contributed by atoms with Gasteiger partial charge in [-0.15, -0.1) is 12.3 Å². The van der Waals surface area contributed by atoms with Crippen molar-refractivity contribution >= 4 is 6.09 Å². The van der Waals surface area contributed by atoms with Gasteiger partial charge in [0.05, 0.1) is 7.11 Å². The number of methoxy groups -OCH3 is 1. The van der Waals surface area contributed by atoms with Gasteiger partial charge in [0.1, 0.15) is 0 Å². The van der Waals surface area contributed by atoms with E-state index in [9.17, 15) is 4.79 Å². The molecule has 3 heteroatoms. The highest BCUT2D eigenvalue weighted by molar-refractivity contribution is 5.67. The Bertz CT molecular complexity index is 199. The van der Waals surface area contributed by atoms with Crippen LogP contribution in [-0.4, -0.2) is 31.2 Å². The van der Waals surface area contributed by atoms with Crippen molar-refractivity contribution in [3.63, 3.8) is 0 Å². The quantitative estimate of drug-likeness (QED) is 0.505. The molecule has 66 valence electrons. The second kappa shape index (κ2) is 4.01. The third kappa shape index (κ3) is 1.91. The van der Waals surface area contributed by atoms with E-state index in [0.29, 0.717) is 5.92 Å². The van der Waals surface area contributed by atoms with Gasteiger partial charge in [0.2, 0.25) is 0 Å². The summed E-state index contributed by atoms with van der Waals surface area (Å²) >= 11 is 0. The minimum absolute atomic E-state index is 0.245. The molecule has 0 aromatic rings. The van der Waals surface area contributed by atoms with Gasteiger partial charge in [-0.05, 0) is 12.8 Å². The first-order valence-corrected chi connectivity index (χ1v) is 4.07. The highest BCUT2D eigenvalue weighted by Gasteiger charge is 2.21. The van der Waals surface area contributed by atoms with Crippen molar-refractivity contribution in [3.05, 3.63) is 0 Å². The molecule has 1 saturated heterocycles. The summed E-state index contributed by atoms with van der Waals surface area (Å²) < 4.78 is 4.59. The Hall–Kier alpha value is -1.17. The Morgan fingerprint density at radius 2 is 2.17 bits per heavy atom. The van der Waals surface area contributed by atoms with Crippen LogP contribution in [0.3, 0.4) is 0 Å². The maximum atomic E-state index is 11.0. The van der Waals surface area contributed by atoms with Gasteiger partial charge >= 0.3 is 6.09 Å². The topological polar surface area (TPSA) is 29.5 Å². The van der Waals surface area contributed by atoms with Crippen LogP contribution in [0.15, 0.2) is 0 Å². The summed E-state index contributed by atoms with van der Waals surface area (Å²) in [6.45, 7) is 1.45. The lowest BCUT2D eigenvalue weighted by atomic mass is 9.98. The van der Waals surface area contributed by atoms with E-state index in [1.165, 1.54) is 7.11 Å². The van der Waals surface area contributed by atoms with Gasteiger partial charge in [-0.1, -0.05) is 0 Å². The Morgan fingerprint density at radius 3 is 2.58 bits per heavy atom. The van der Waals surface area contributed by atoms with Crippen LogP contribution >= 0.6 is 0 Å². The molecule has 0 saturated carbocycles. The van der Waals surface area contributed by atoms with Crippen molar-refractivity contribution in [2.24, 2.45) is 5.92 Å². The number of carbonyl (C=O) groups is 1. The van der Waals surface area contributed by atoms with E-state index in [-0.39, 0.29) is 6.09 Å². The minimum Gasteiger partial charge on any atom is -0.453 e. The van der Waals surface area contributed by atoms with Crippen LogP contribution in [0.1, 0.15) is 12.8 Å². The average molecular weight is 167 g/mol. The number of ether oxygens (including phenoxy) is 1. The number of carbonyl (C=O) groups excluding carboxylic acids is 1. The number of hydrogen-bond acceptors (Lipinski definition) is 2. The third-order valence-electron chi connectivity index (χ3n) is 2.16. The van der Waals surface area contributed by atoms with Crippen molar-refractivity contribution in [1.82, 2.24) is 4.90 Å². The van der Waals surface area contributed by atoms with E-state index in [4.69, 9.17) is 6.42 Å². The molecule has 1 aliphatic heterocycles. The predicted molar refractivity (Wildman–Crippen MR) is 45.5 cm³/mol. The number of nitrogens with zero attached hydrogens (tertiary/aromatic N) is 1. The third-order valence-corrected chi connectivity index (χ3v) is 2.16. The van der Waals surface area contributed by atoms with Gasteiger partial charge in [-0.3, -0.25) is 0 Å². The zero-order valence-corrected chi connectivity index (χ0v) is 7.25. The predicted octanol–water partition coefficient (Wildman–Crippen LogP) is 1.10. The zero-order chi connectivity index (χ0) is 8.97. The van der Waals surface area contributed by atoms with Crippen LogP contribution in [0.4, 0.5) is 4.79 Å². The monoisotopic (exact) mass is 167 g/mol. The normalized spacial score (nSPS) is 18.5. The van der Waals surface area contributed by atoms with Crippen molar-refractivity contribution in [2.75, 3.05) is 20.2 Å². The molecule has 0 N–H and O–H groups in total. The van der Waals surface area contributed by atoms with Gasteiger partial charge in [-0.2, -0.15) is 0 Å². The molecule has 0 aromatic heterocycles. The lowest BCUT2D eigenvalue weighted by molar-refractivity contribution is 0.111. The zero-order valence-electron chi connectivity index (χ0n) is 7.25. The molecule has 1 amide bonds. The summed E-state index contributed by atoms with van der Waals surface area (Å²) in [4.78, 5) is 12.7. The van der Waals surface area contributed by atoms with Crippen LogP contribution in [0.2, 0.25) is 0 Å². The van der Waals surface area contributed by atoms with Gasteiger partial charge in [0, 0.05) is 19.0 Å². The minimum atomic E-state index is -0.245. The number of terminal acetylenes is 1. The van der Waals surface area contributed by atoms with E-state index in [1.807, 2.05) is 0 Å². The molecule has 0 radical (unpaired) electrons. The molecule has 1 rings (SSSR count). The highest BCUT2D eigenvalue weighted by Crippen LogP contribution is 2.16. The molecule has 1 aliphatic rings. The lowest BCUT2D eigenvalue weighted by Gasteiger charge is -2.28. The highest BCUT2D eigenvalue weighted by atomic mass is 16.5. The first-order chi connectivity index (χ1) is 5.77. The summed E-state index contributed by atoms with van der Waals surface area (Å²) in [5.74, 6) is 3.04. The Labute approximate surface area is 72.7 Å². The number of piperidine rings is 1. The van der Waals surface area contributed by atoms with Crippen LogP contribution in [0.25, 0.3) is 0 Å². The summed E-state index contributed by atoms with van der Waals surface area (Å²) in [6, 6.07) is 0. The molecule has 0 aliphatic carbocycles. The fourth-order valence-corrected chi connectivity index (χ4v) is 1.36. The van der Waals surface area contributed by atoms with Crippen molar-refractivity contribution in [3.8, 4) is 12.3 Å². The number of hydrogen-bond donors (Lipinski definition) is 0.